The SMILES string of the molecule is CCC1=NC=C(C(=O)NC(c2ccc(S(=O)(=O)CC)cc2)C(C)C)C(=O)C1c1cccc(C(F)(F)F)c1. The molecule has 3 rings (SSSR count). The number of halogens is 3. The van der Waals surface area contributed by atoms with Crippen molar-refractivity contribution in [3.05, 3.63) is 77.0 Å². The Morgan fingerprint density at radius 3 is 2.27 bits per heavy atom. The van der Waals surface area contributed by atoms with Crippen LogP contribution in [0.25, 0.3) is 0 Å². The Morgan fingerprint density at radius 1 is 1.08 bits per heavy atom. The Kier molecular flexibility index (Phi) is 8.42. The van der Waals surface area contributed by atoms with Crippen molar-refractivity contribution in [3.63, 3.8) is 0 Å². The maximum atomic E-state index is 13.4. The molecule has 2 unspecified atom stereocenters. The third-order valence-corrected chi connectivity index (χ3v) is 8.06. The molecule has 2 aromatic rings. The minimum atomic E-state index is -4.58. The van der Waals surface area contributed by atoms with Gasteiger partial charge in [0.25, 0.3) is 5.91 Å². The molecule has 6 nitrogen and oxygen atoms in total. The van der Waals surface area contributed by atoms with Gasteiger partial charge in [-0.25, -0.2) is 8.42 Å². The smallest absolute Gasteiger partial charge is 0.345 e. The van der Waals surface area contributed by atoms with E-state index in [0.29, 0.717) is 17.7 Å². The number of ketones is 1. The van der Waals surface area contributed by atoms with Gasteiger partial charge >= 0.3 is 6.18 Å². The van der Waals surface area contributed by atoms with Gasteiger partial charge in [-0.3, -0.25) is 14.6 Å². The van der Waals surface area contributed by atoms with Crippen LogP contribution in [0, 0.1) is 5.92 Å². The first-order chi connectivity index (χ1) is 17.3. The molecule has 1 heterocycles. The van der Waals surface area contributed by atoms with Crippen molar-refractivity contribution in [3.8, 4) is 0 Å². The van der Waals surface area contributed by atoms with Gasteiger partial charge in [0, 0.05) is 11.9 Å². The molecule has 0 radical (unpaired) electrons. The third-order valence-electron chi connectivity index (χ3n) is 6.31. The molecule has 0 spiro atoms. The largest absolute Gasteiger partial charge is 0.416 e. The summed E-state index contributed by atoms with van der Waals surface area (Å²) in [5, 5.41) is 2.82. The molecule has 1 aliphatic rings. The van der Waals surface area contributed by atoms with Gasteiger partial charge in [0.05, 0.1) is 28.2 Å². The number of nitrogens with zero attached hydrogens (tertiary/aromatic N) is 1. The number of alkyl halides is 3. The molecule has 1 N–H and O–H groups in total. The van der Waals surface area contributed by atoms with Crippen LogP contribution in [0.1, 0.15) is 62.8 Å². The summed E-state index contributed by atoms with van der Waals surface area (Å²) in [7, 11) is -3.39. The molecule has 0 saturated carbocycles. The number of carbonyl (C=O) groups is 2. The summed E-state index contributed by atoms with van der Waals surface area (Å²) in [6, 6.07) is 10.1. The fraction of sp³-hybridized carbons (Fsp3) is 0.370. The Hall–Kier alpha value is -3.27. The average Bonchev–Trinajstić information content (AvgIpc) is 2.86. The molecule has 0 aromatic heterocycles. The number of nitrogens with one attached hydrogen (secondary N) is 1. The summed E-state index contributed by atoms with van der Waals surface area (Å²) >= 11 is 0. The zero-order chi connectivity index (χ0) is 27.5. The first-order valence-electron chi connectivity index (χ1n) is 11.9. The highest BCUT2D eigenvalue weighted by Crippen LogP contribution is 2.34. The standard InChI is InChI=1S/C27H29F3N2O4S/c1-5-22-23(18-8-7-9-19(14-18)27(28,29)30)25(33)21(15-31-22)26(34)32-24(16(3)4)17-10-12-20(13-11-17)37(35,36)6-2/h7-16,23-24H,5-6H2,1-4H3,(H,32,34). The van der Waals surface area contributed by atoms with E-state index in [9.17, 15) is 31.2 Å². The lowest BCUT2D eigenvalue weighted by atomic mass is 9.83. The van der Waals surface area contributed by atoms with Crippen LogP contribution in [0.4, 0.5) is 13.2 Å². The topological polar surface area (TPSA) is 92.7 Å². The summed E-state index contributed by atoms with van der Waals surface area (Å²) < 4.78 is 64.1. The summed E-state index contributed by atoms with van der Waals surface area (Å²) in [5.41, 5.74) is -0.00643. The molecule has 1 amide bonds. The molecule has 1 aliphatic heterocycles. The van der Waals surface area contributed by atoms with Gasteiger partial charge in [0.15, 0.2) is 15.6 Å². The average molecular weight is 535 g/mol. The lowest BCUT2D eigenvalue weighted by Crippen LogP contribution is -2.38. The number of benzene rings is 2. The van der Waals surface area contributed by atoms with Gasteiger partial charge < -0.3 is 5.32 Å². The molecule has 198 valence electrons. The summed E-state index contributed by atoms with van der Waals surface area (Å²) in [4.78, 5) is 31.1. The Bertz CT molecular complexity index is 1340. The van der Waals surface area contributed by atoms with Crippen LogP contribution >= 0.6 is 0 Å². The highest BCUT2D eigenvalue weighted by molar-refractivity contribution is 7.91. The van der Waals surface area contributed by atoms with Crippen LogP contribution in [-0.4, -0.2) is 31.6 Å². The number of amides is 1. The second-order valence-electron chi connectivity index (χ2n) is 9.10. The zero-order valence-corrected chi connectivity index (χ0v) is 21.8. The maximum absolute atomic E-state index is 13.4. The van der Waals surface area contributed by atoms with E-state index in [-0.39, 0.29) is 27.7 Å². The predicted molar refractivity (Wildman–Crippen MR) is 135 cm³/mol. The van der Waals surface area contributed by atoms with E-state index >= 15 is 0 Å². The fourth-order valence-electron chi connectivity index (χ4n) is 4.20. The van der Waals surface area contributed by atoms with Gasteiger partial charge in [-0.15, -0.1) is 0 Å². The summed E-state index contributed by atoms with van der Waals surface area (Å²) in [6.07, 6.45) is -3.10. The molecular weight excluding hydrogens is 505 g/mol. The molecule has 37 heavy (non-hydrogen) atoms. The van der Waals surface area contributed by atoms with E-state index < -0.39 is 45.2 Å². The Labute approximate surface area is 214 Å². The quantitative estimate of drug-likeness (QED) is 0.458. The van der Waals surface area contributed by atoms with E-state index in [1.165, 1.54) is 24.3 Å². The number of Topliss-reactive ketones (excluding diaryl/α,β-unsaturated/α-hetero) is 1. The van der Waals surface area contributed by atoms with Crippen LogP contribution in [-0.2, 0) is 25.6 Å². The molecule has 2 aromatic carbocycles. The van der Waals surface area contributed by atoms with Crippen molar-refractivity contribution in [1.29, 1.82) is 0 Å². The van der Waals surface area contributed by atoms with E-state index in [2.05, 4.69) is 10.3 Å². The van der Waals surface area contributed by atoms with Gasteiger partial charge in [-0.05, 0) is 41.7 Å². The minimum absolute atomic E-state index is 0.0414. The second-order valence-corrected chi connectivity index (χ2v) is 11.4. The predicted octanol–water partition coefficient (Wildman–Crippen LogP) is 5.41. The summed E-state index contributed by atoms with van der Waals surface area (Å²) in [5.74, 6) is -2.60. The lowest BCUT2D eigenvalue weighted by Gasteiger charge is -2.26. The van der Waals surface area contributed by atoms with Crippen LogP contribution in [0.2, 0.25) is 0 Å². The highest BCUT2D eigenvalue weighted by atomic mass is 32.2. The van der Waals surface area contributed by atoms with Crippen LogP contribution in [0.15, 0.2) is 70.2 Å². The van der Waals surface area contributed by atoms with E-state index in [4.69, 9.17) is 0 Å². The number of hydrogen-bond donors (Lipinski definition) is 1. The van der Waals surface area contributed by atoms with E-state index in [0.717, 1.165) is 18.3 Å². The van der Waals surface area contributed by atoms with Crippen LogP contribution < -0.4 is 5.32 Å². The number of rotatable bonds is 8. The molecule has 0 bridgehead atoms. The molecule has 10 heteroatoms. The van der Waals surface area contributed by atoms with Gasteiger partial charge in [0.1, 0.15) is 5.57 Å². The van der Waals surface area contributed by atoms with Crippen molar-refractivity contribution in [2.75, 3.05) is 5.75 Å². The molecule has 0 saturated heterocycles. The Morgan fingerprint density at radius 2 is 1.73 bits per heavy atom. The van der Waals surface area contributed by atoms with Gasteiger partial charge in [0.2, 0.25) is 0 Å². The Balaban J connectivity index is 1.90. The second kappa shape index (κ2) is 11.0. The first-order valence-corrected chi connectivity index (χ1v) is 13.6. The number of aliphatic imine (C=N–C) groups is 1. The number of hydrogen-bond acceptors (Lipinski definition) is 5. The lowest BCUT2D eigenvalue weighted by molar-refractivity contribution is -0.137. The van der Waals surface area contributed by atoms with Gasteiger partial charge in [-0.1, -0.05) is 58.0 Å². The summed E-state index contributed by atoms with van der Waals surface area (Å²) in [6.45, 7) is 7.01. The maximum Gasteiger partial charge on any atom is 0.416 e. The monoisotopic (exact) mass is 534 g/mol. The van der Waals surface area contributed by atoms with E-state index in [1.807, 2.05) is 13.8 Å². The molecule has 0 aliphatic carbocycles. The van der Waals surface area contributed by atoms with Crippen molar-refractivity contribution in [2.45, 2.75) is 57.1 Å². The normalized spacial score (nSPS) is 17.3. The first kappa shape index (κ1) is 28.3. The molecule has 0 fully saturated rings. The van der Waals surface area contributed by atoms with Crippen molar-refractivity contribution in [2.24, 2.45) is 10.9 Å². The minimum Gasteiger partial charge on any atom is -0.345 e. The van der Waals surface area contributed by atoms with Crippen molar-refractivity contribution in [1.82, 2.24) is 5.32 Å². The van der Waals surface area contributed by atoms with Crippen LogP contribution in [0.5, 0.6) is 0 Å². The van der Waals surface area contributed by atoms with Gasteiger partial charge in [-0.2, -0.15) is 13.2 Å². The third kappa shape index (κ3) is 6.18. The van der Waals surface area contributed by atoms with Crippen LogP contribution in [0.3, 0.4) is 0 Å². The number of carbonyl (C=O) groups excluding carboxylic acids is 2. The fourth-order valence-corrected chi connectivity index (χ4v) is 5.08. The zero-order valence-electron chi connectivity index (χ0n) is 21.0. The number of sulfone groups is 1. The van der Waals surface area contributed by atoms with E-state index in [1.54, 1.807) is 26.0 Å². The molecular formula is C27H29F3N2O4S. The highest BCUT2D eigenvalue weighted by Gasteiger charge is 2.37. The molecule has 2 atom stereocenters. The van der Waals surface area contributed by atoms with Crippen molar-refractivity contribution >= 4 is 27.2 Å². The van der Waals surface area contributed by atoms with Crippen molar-refractivity contribution < 1.29 is 31.2 Å².